The lowest BCUT2D eigenvalue weighted by molar-refractivity contribution is 0.204. The average Bonchev–Trinajstić information content (AvgIpc) is 3.38. The molecule has 0 spiro atoms. The summed E-state index contributed by atoms with van der Waals surface area (Å²) in [5.41, 5.74) is 11.2. The van der Waals surface area contributed by atoms with Crippen LogP contribution in [0.1, 0.15) is 55.7 Å². The van der Waals surface area contributed by atoms with Gasteiger partial charge >= 0.3 is 0 Å². The minimum atomic E-state index is 0.000660. The quantitative estimate of drug-likeness (QED) is 0.377. The van der Waals surface area contributed by atoms with Crippen LogP contribution in [0.3, 0.4) is 0 Å². The summed E-state index contributed by atoms with van der Waals surface area (Å²) < 4.78 is 0. The van der Waals surface area contributed by atoms with Crippen LogP contribution in [0.2, 0.25) is 0 Å². The van der Waals surface area contributed by atoms with Crippen LogP contribution in [0.15, 0.2) is 109 Å². The second-order valence-electron chi connectivity index (χ2n) is 9.41. The summed E-state index contributed by atoms with van der Waals surface area (Å²) in [5.74, 6) is 0. The highest BCUT2D eigenvalue weighted by Gasteiger charge is 2.41. The zero-order valence-corrected chi connectivity index (χ0v) is 21.4. The van der Waals surface area contributed by atoms with E-state index in [1.54, 1.807) is 0 Å². The van der Waals surface area contributed by atoms with E-state index in [2.05, 4.69) is 98.7 Å². The highest BCUT2D eigenvalue weighted by molar-refractivity contribution is 5.76. The highest BCUT2D eigenvalue weighted by Crippen LogP contribution is 2.48. The molecular weight excluding hydrogens is 454 g/mol. The Balaban J connectivity index is 0.00000123. The van der Waals surface area contributed by atoms with Gasteiger partial charge in [0.25, 0.3) is 0 Å². The van der Waals surface area contributed by atoms with E-state index in [-0.39, 0.29) is 12.3 Å². The van der Waals surface area contributed by atoms with Gasteiger partial charge in [0.05, 0.1) is 5.70 Å². The molecule has 7 rings (SSSR count). The van der Waals surface area contributed by atoms with Crippen LogP contribution >= 0.6 is 0 Å². The summed E-state index contributed by atoms with van der Waals surface area (Å²) in [5, 5.41) is 11.1. The second kappa shape index (κ2) is 10.0. The number of allylic oxidation sites excluding steroid dienone is 5. The molecule has 0 saturated carbocycles. The molecule has 4 aliphatic rings. The van der Waals surface area contributed by atoms with Crippen molar-refractivity contribution in [2.45, 2.75) is 39.0 Å². The Morgan fingerprint density at radius 1 is 0.919 bits per heavy atom. The number of rotatable bonds is 3. The fraction of sp³-hybridized carbons (Fsp3) is 0.219. The number of fused-ring (bicyclic) bond motifs is 4. The molecule has 0 saturated heterocycles. The molecule has 5 heteroatoms. The molecule has 0 amide bonds. The zero-order valence-electron chi connectivity index (χ0n) is 21.4. The van der Waals surface area contributed by atoms with Crippen LogP contribution in [0.25, 0.3) is 16.7 Å². The van der Waals surface area contributed by atoms with E-state index in [1.165, 1.54) is 44.9 Å². The molecule has 1 aromatic heterocycles. The summed E-state index contributed by atoms with van der Waals surface area (Å²) in [6.07, 6.45) is 16.9. The Morgan fingerprint density at radius 3 is 2.65 bits per heavy atom. The Hall–Kier alpha value is -4.25. The van der Waals surface area contributed by atoms with E-state index in [1.807, 2.05) is 38.5 Å². The number of pyridine rings is 1. The maximum atomic E-state index is 4.39. The topological polar surface area (TPSA) is 52.2 Å². The number of nitrogens with one attached hydrogen (secondary N) is 3. The normalized spacial score (nSPS) is 20.8. The molecule has 3 N–H and O–H groups in total. The van der Waals surface area contributed by atoms with Gasteiger partial charge in [-0.3, -0.25) is 4.98 Å². The summed E-state index contributed by atoms with van der Waals surface area (Å²) in [4.78, 5) is 6.91. The molecule has 3 aromatic rings. The Morgan fingerprint density at radius 2 is 1.81 bits per heavy atom. The van der Waals surface area contributed by atoms with E-state index in [9.17, 15) is 0 Å². The van der Waals surface area contributed by atoms with Crippen LogP contribution in [0, 0.1) is 0 Å². The fourth-order valence-electron chi connectivity index (χ4n) is 5.61. The van der Waals surface area contributed by atoms with E-state index in [0.717, 1.165) is 24.9 Å². The summed E-state index contributed by atoms with van der Waals surface area (Å²) in [7, 11) is 0. The van der Waals surface area contributed by atoms with Gasteiger partial charge < -0.3 is 20.9 Å². The predicted octanol–water partition coefficient (Wildman–Crippen LogP) is 6.86. The number of hydrogen-bond donors (Lipinski definition) is 3. The van der Waals surface area contributed by atoms with E-state index in [0.29, 0.717) is 0 Å². The third-order valence-corrected chi connectivity index (χ3v) is 7.28. The van der Waals surface area contributed by atoms with Crippen molar-refractivity contribution in [3.63, 3.8) is 0 Å². The van der Waals surface area contributed by atoms with Gasteiger partial charge in [0.15, 0.2) is 0 Å². The number of para-hydroxylation sites is 1. The monoisotopic (exact) mass is 487 g/mol. The third-order valence-electron chi connectivity index (χ3n) is 7.28. The van der Waals surface area contributed by atoms with E-state index in [4.69, 9.17) is 0 Å². The third kappa shape index (κ3) is 4.20. The molecule has 0 fully saturated rings. The molecule has 0 radical (unpaired) electrons. The largest absolute Gasteiger partial charge is 0.387 e. The highest BCUT2D eigenvalue weighted by atomic mass is 15.4. The van der Waals surface area contributed by atoms with Gasteiger partial charge in [-0.2, -0.15) is 0 Å². The maximum absolute atomic E-state index is 4.39. The van der Waals surface area contributed by atoms with Crippen molar-refractivity contribution < 1.29 is 0 Å². The van der Waals surface area contributed by atoms with Crippen molar-refractivity contribution >= 4 is 11.3 Å². The van der Waals surface area contributed by atoms with Gasteiger partial charge in [0.1, 0.15) is 12.3 Å². The van der Waals surface area contributed by atoms with Crippen LogP contribution in [-0.4, -0.2) is 16.4 Å². The Labute approximate surface area is 219 Å². The van der Waals surface area contributed by atoms with Crippen molar-refractivity contribution in [2.24, 2.45) is 0 Å². The molecule has 4 heterocycles. The van der Waals surface area contributed by atoms with Crippen LogP contribution in [0.4, 0.5) is 5.69 Å². The van der Waals surface area contributed by atoms with Crippen molar-refractivity contribution in [1.29, 1.82) is 0 Å². The van der Waals surface area contributed by atoms with Gasteiger partial charge in [-0.05, 0) is 83.8 Å². The zero-order chi connectivity index (χ0) is 25.2. The second-order valence-corrected chi connectivity index (χ2v) is 9.41. The number of anilines is 1. The van der Waals surface area contributed by atoms with Crippen molar-refractivity contribution in [3.8, 4) is 11.1 Å². The number of hydrogen-bond acceptors (Lipinski definition) is 5. The van der Waals surface area contributed by atoms with Gasteiger partial charge in [-0.1, -0.05) is 50.3 Å². The lowest BCUT2D eigenvalue weighted by Gasteiger charge is -2.42. The van der Waals surface area contributed by atoms with Crippen LogP contribution in [-0.2, 0) is 0 Å². The summed E-state index contributed by atoms with van der Waals surface area (Å²) in [6.45, 7) is 4.82. The Kier molecular flexibility index (Phi) is 6.27. The molecule has 186 valence electrons. The molecule has 5 nitrogen and oxygen atoms in total. The molecule has 2 atom stereocenters. The molecule has 0 bridgehead atoms. The molecule has 37 heavy (non-hydrogen) atoms. The molecule has 1 aliphatic carbocycles. The first kappa shape index (κ1) is 23.2. The first-order valence-electron chi connectivity index (χ1n) is 13.3. The van der Waals surface area contributed by atoms with Gasteiger partial charge in [-0.15, -0.1) is 0 Å². The lowest BCUT2D eigenvalue weighted by Crippen LogP contribution is -2.40. The van der Waals surface area contributed by atoms with Crippen molar-refractivity contribution in [2.75, 3.05) is 11.9 Å². The number of nitrogens with zero attached hydrogens (tertiary/aromatic N) is 2. The first-order valence-corrected chi connectivity index (χ1v) is 13.3. The number of benzene rings is 2. The minimum absolute atomic E-state index is 0.000660. The van der Waals surface area contributed by atoms with Crippen molar-refractivity contribution in [1.82, 2.24) is 20.5 Å². The molecule has 2 aromatic carbocycles. The Bertz CT molecular complexity index is 1420. The summed E-state index contributed by atoms with van der Waals surface area (Å²) >= 11 is 0. The SMILES string of the molecule is C1=CNCC(c2cc(-c3cccnc3)cc(C3Nc4ccccc4C4NC5=C(C=CCC5)N34)c2)=C1.CC. The number of aromatic nitrogens is 1. The smallest absolute Gasteiger partial charge is 0.129 e. The van der Waals surface area contributed by atoms with Crippen LogP contribution in [0.5, 0.6) is 0 Å². The molecule has 3 aliphatic heterocycles. The predicted molar refractivity (Wildman–Crippen MR) is 152 cm³/mol. The minimum Gasteiger partial charge on any atom is -0.387 e. The van der Waals surface area contributed by atoms with Gasteiger partial charge in [0.2, 0.25) is 0 Å². The standard InChI is InChI=1S/C30H27N5.C2H6/c1-2-10-26-25(9-1)30-34-27-11-3-4-12-28(27)35(30)29(33-26)24-16-22(20-7-5-13-31-18-20)15-23(17-24)21-8-6-14-32-19-21;1-2/h1-2,4-10,12-18,29-30,32-34H,3,11,19H2;1-2H3. The van der Waals surface area contributed by atoms with Gasteiger partial charge in [0, 0.05) is 41.4 Å². The van der Waals surface area contributed by atoms with E-state index >= 15 is 0 Å². The molecule has 2 unspecified atom stereocenters. The fourth-order valence-corrected chi connectivity index (χ4v) is 5.61. The van der Waals surface area contributed by atoms with E-state index < -0.39 is 0 Å². The molecular formula is C32H33N5. The maximum Gasteiger partial charge on any atom is 0.129 e. The summed E-state index contributed by atoms with van der Waals surface area (Å²) in [6, 6.07) is 19.8. The lowest BCUT2D eigenvalue weighted by atomic mass is 9.93. The van der Waals surface area contributed by atoms with Crippen LogP contribution < -0.4 is 16.0 Å². The van der Waals surface area contributed by atoms with Crippen molar-refractivity contribution in [3.05, 3.63) is 126 Å². The van der Waals surface area contributed by atoms with Gasteiger partial charge in [-0.25, -0.2) is 0 Å². The number of dihydropyridines is 1. The first-order chi connectivity index (χ1) is 18.3. The average molecular weight is 488 g/mol.